The van der Waals surface area contributed by atoms with Crippen molar-refractivity contribution < 1.29 is 82.8 Å². The quantitative estimate of drug-likeness (QED) is 0.0708. The molecule has 72 heavy (non-hydrogen) atoms. The van der Waals surface area contributed by atoms with Gasteiger partial charge in [0, 0.05) is 55.6 Å². The van der Waals surface area contributed by atoms with Crippen LogP contribution in [0.2, 0.25) is 0 Å². The lowest BCUT2D eigenvalue weighted by Gasteiger charge is -2.43. The van der Waals surface area contributed by atoms with Crippen LogP contribution in [-0.2, 0) is 51.2 Å². The number of hydrogen-bond acceptors (Lipinski definition) is 18. The van der Waals surface area contributed by atoms with E-state index in [1.165, 1.54) is 49.0 Å². The minimum atomic E-state index is -2.42. The van der Waals surface area contributed by atoms with Crippen molar-refractivity contribution >= 4 is 47.1 Å². The number of carbonyl (C=O) groups excluding carboxylic acids is 8. The molecule has 3 saturated heterocycles. The number of ether oxygens (including phenoxy) is 4. The highest BCUT2D eigenvalue weighted by Crippen LogP contribution is 2.52. The minimum Gasteiger partial charge on any atom is -0.507 e. The summed E-state index contributed by atoms with van der Waals surface area (Å²) in [5.74, 6) is -7.00. The summed E-state index contributed by atoms with van der Waals surface area (Å²) in [5.41, 5.74) is -3.65. The van der Waals surface area contributed by atoms with E-state index < -0.39 is 150 Å². The molecule has 23 nitrogen and oxygen atoms in total. The predicted octanol–water partition coefficient (Wildman–Crippen LogP) is -0.661. The molecule has 5 aliphatic rings. The molecule has 3 fully saturated rings. The number of nitrogens with one attached hydrogen (secondary N) is 4. The Labute approximate surface area is 411 Å². The van der Waals surface area contributed by atoms with Gasteiger partial charge in [0.15, 0.2) is 24.0 Å². The number of phenols is 2. The Bertz CT molecular complexity index is 2680. The molecule has 9 atom stereocenters. The Morgan fingerprint density at radius 2 is 1.68 bits per heavy atom. The van der Waals surface area contributed by atoms with Gasteiger partial charge in [0.1, 0.15) is 54.3 Å². The minimum absolute atomic E-state index is 0.00291. The van der Waals surface area contributed by atoms with Crippen molar-refractivity contribution in [2.24, 2.45) is 0 Å². The number of benzene rings is 3. The highest BCUT2D eigenvalue weighted by atomic mass is 16.7. The Balaban J connectivity index is 0.910. The topological polar surface area (TPSA) is 329 Å². The molecule has 0 spiro atoms. The Kier molecular flexibility index (Phi) is 15.0. The number of aromatic hydroxyl groups is 2. The molecule has 0 bridgehead atoms. The maximum absolute atomic E-state index is 14.1. The van der Waals surface area contributed by atoms with E-state index in [1.54, 1.807) is 24.3 Å². The zero-order valence-electron chi connectivity index (χ0n) is 39.5. The van der Waals surface area contributed by atoms with Crippen molar-refractivity contribution in [2.45, 2.75) is 107 Å². The van der Waals surface area contributed by atoms with Crippen LogP contribution in [0.4, 0.5) is 4.79 Å². The molecule has 8 rings (SSSR count). The summed E-state index contributed by atoms with van der Waals surface area (Å²) in [7, 11) is 1.28. The van der Waals surface area contributed by atoms with Gasteiger partial charge in [-0.25, -0.2) is 4.79 Å². The maximum atomic E-state index is 14.1. The molecule has 9 N–H and O–H groups in total. The van der Waals surface area contributed by atoms with Crippen LogP contribution in [0, 0.1) is 0 Å². The van der Waals surface area contributed by atoms with Gasteiger partial charge in [-0.15, -0.1) is 0 Å². The third kappa shape index (κ3) is 9.82. The second kappa shape index (κ2) is 21.0. The van der Waals surface area contributed by atoms with Crippen molar-refractivity contribution in [3.8, 4) is 17.2 Å². The SMILES string of the molecule is COc1cccc2c1C(=O)c1c(O)c3c(c(O)c1C2=O)C[C@@](O)(C(=O)CO)C[C@@H]3OC1CC(NC(=O)[C@@H]2CCCN2C(=O)CNC(=O)[C@H](C)NC(=O)C2NCCN2C(=O)OCc2ccccc2)C(O)C(C)O1. The van der Waals surface area contributed by atoms with Crippen molar-refractivity contribution in [3.05, 3.63) is 87.5 Å². The number of aliphatic hydroxyl groups excluding tert-OH is 2. The number of phenolic OH excluding ortho intramolecular Hbond substituents is 2. The maximum Gasteiger partial charge on any atom is 0.411 e. The van der Waals surface area contributed by atoms with Crippen molar-refractivity contribution in [1.29, 1.82) is 0 Å². The van der Waals surface area contributed by atoms with Gasteiger partial charge in [-0.2, -0.15) is 0 Å². The van der Waals surface area contributed by atoms with E-state index in [0.29, 0.717) is 13.0 Å². The number of Topliss-reactive ketones (excluding diaryl/α,β-unsaturated/α-hetero) is 1. The summed E-state index contributed by atoms with van der Waals surface area (Å²) in [5, 5.41) is 67.1. The smallest absolute Gasteiger partial charge is 0.411 e. The van der Waals surface area contributed by atoms with Crippen LogP contribution in [-0.4, -0.2) is 171 Å². The summed E-state index contributed by atoms with van der Waals surface area (Å²) in [6.07, 6.45) is -8.10. The van der Waals surface area contributed by atoms with E-state index in [-0.39, 0.29) is 60.5 Å². The molecular formula is C49H56N6O17. The Morgan fingerprint density at radius 1 is 0.944 bits per heavy atom. The lowest BCUT2D eigenvalue weighted by Crippen LogP contribution is -2.59. The molecule has 3 aromatic carbocycles. The number of ketones is 3. The second-order valence-corrected chi connectivity index (χ2v) is 18.4. The van der Waals surface area contributed by atoms with E-state index in [1.807, 2.05) is 6.07 Å². The third-order valence-corrected chi connectivity index (χ3v) is 13.8. The van der Waals surface area contributed by atoms with Gasteiger partial charge in [0.05, 0.1) is 48.6 Å². The zero-order chi connectivity index (χ0) is 51.8. The normalized spacial score (nSPS) is 25.9. The van der Waals surface area contributed by atoms with E-state index in [9.17, 15) is 63.9 Å². The predicted molar refractivity (Wildman–Crippen MR) is 246 cm³/mol. The van der Waals surface area contributed by atoms with E-state index in [0.717, 1.165) is 5.56 Å². The average Bonchev–Trinajstić information content (AvgIpc) is 4.08. The number of amides is 5. The van der Waals surface area contributed by atoms with Crippen LogP contribution >= 0.6 is 0 Å². The van der Waals surface area contributed by atoms with Gasteiger partial charge in [-0.05, 0) is 38.3 Å². The first-order valence-electron chi connectivity index (χ1n) is 23.5. The standard InChI is InChI=1S/C49H56N6O17/c1-23(52-47(66)44-50-14-16-55(44)48(67)70-22-25-9-5-4-6-10-25)45(64)51-20-33(58)54-15-8-12-29(54)46(65)53-28-17-34(71-24(2)39(28)59)72-31-19-49(68,32(57)21-56)18-27-36(31)43(63)38-37(41(27)61)40(60)26-11-7-13-30(69-3)35(26)42(38)62/h4-7,9-11,13,23-24,28-29,31,34,39,44,50,56,59,61,63,68H,8,12,14-22H2,1-3H3,(H,51,64)(H,52,66)(H,53,65)/t23-,24?,28?,29-,31-,34?,39?,44?,49-/m0/s1. The van der Waals surface area contributed by atoms with Crippen LogP contribution < -0.4 is 26.0 Å². The molecule has 2 aliphatic carbocycles. The molecule has 3 heterocycles. The van der Waals surface area contributed by atoms with Crippen LogP contribution in [0.5, 0.6) is 17.2 Å². The number of methoxy groups -OCH3 is 1. The number of aliphatic hydroxyl groups is 3. The molecule has 23 heteroatoms. The first kappa shape index (κ1) is 51.3. The number of hydrogen-bond donors (Lipinski definition) is 9. The monoisotopic (exact) mass is 1000 g/mol. The highest BCUT2D eigenvalue weighted by molar-refractivity contribution is 6.31. The van der Waals surface area contributed by atoms with Crippen LogP contribution in [0.3, 0.4) is 0 Å². The summed E-state index contributed by atoms with van der Waals surface area (Å²) >= 11 is 0. The van der Waals surface area contributed by atoms with Crippen molar-refractivity contribution in [2.75, 3.05) is 39.9 Å². The first-order chi connectivity index (χ1) is 34.4. The lowest BCUT2D eigenvalue weighted by atomic mass is 9.72. The molecule has 5 amide bonds. The molecule has 0 saturated carbocycles. The number of nitrogens with zero attached hydrogens (tertiary/aromatic N) is 2. The zero-order valence-corrected chi connectivity index (χ0v) is 39.5. The number of rotatable bonds is 14. The van der Waals surface area contributed by atoms with Gasteiger partial charge in [0.2, 0.25) is 23.5 Å². The summed E-state index contributed by atoms with van der Waals surface area (Å²) in [6.45, 7) is 1.86. The van der Waals surface area contributed by atoms with Crippen molar-refractivity contribution in [3.63, 3.8) is 0 Å². The van der Waals surface area contributed by atoms with Gasteiger partial charge in [-0.3, -0.25) is 43.8 Å². The van der Waals surface area contributed by atoms with E-state index >= 15 is 0 Å². The van der Waals surface area contributed by atoms with Gasteiger partial charge < -0.3 is 65.3 Å². The van der Waals surface area contributed by atoms with Crippen LogP contribution in [0.15, 0.2) is 48.5 Å². The van der Waals surface area contributed by atoms with Crippen LogP contribution in [0.25, 0.3) is 0 Å². The molecule has 3 aliphatic heterocycles. The van der Waals surface area contributed by atoms with Crippen LogP contribution in [0.1, 0.15) is 94.2 Å². The number of carbonyl (C=O) groups is 8. The highest BCUT2D eigenvalue weighted by Gasteiger charge is 2.51. The fraction of sp³-hybridized carbons (Fsp3) is 0.469. The van der Waals surface area contributed by atoms with Gasteiger partial charge >= 0.3 is 6.09 Å². The fourth-order valence-electron chi connectivity index (χ4n) is 10.0. The second-order valence-electron chi connectivity index (χ2n) is 18.4. The molecule has 0 radical (unpaired) electrons. The fourth-order valence-corrected chi connectivity index (χ4v) is 10.0. The first-order valence-corrected chi connectivity index (χ1v) is 23.5. The lowest BCUT2D eigenvalue weighted by molar-refractivity contribution is -0.249. The summed E-state index contributed by atoms with van der Waals surface area (Å²) < 4.78 is 23.0. The molecule has 0 aromatic heterocycles. The summed E-state index contributed by atoms with van der Waals surface area (Å²) in [4.78, 5) is 110. The van der Waals surface area contributed by atoms with Gasteiger partial charge in [-0.1, -0.05) is 42.5 Å². The Hall–Kier alpha value is -7.02. The number of likely N-dealkylation sites (tertiary alicyclic amines) is 1. The molecule has 5 unspecified atom stereocenters. The Morgan fingerprint density at radius 3 is 2.40 bits per heavy atom. The van der Waals surface area contributed by atoms with E-state index in [2.05, 4.69) is 21.3 Å². The molecular weight excluding hydrogens is 945 g/mol. The average molecular weight is 1000 g/mol. The molecule has 3 aromatic rings. The number of fused-ring (bicyclic) bond motifs is 3. The molecule has 384 valence electrons. The largest absolute Gasteiger partial charge is 0.507 e. The van der Waals surface area contributed by atoms with Crippen molar-refractivity contribution in [1.82, 2.24) is 31.1 Å². The van der Waals surface area contributed by atoms with E-state index in [4.69, 9.17) is 18.9 Å². The third-order valence-electron chi connectivity index (χ3n) is 13.8. The summed E-state index contributed by atoms with van der Waals surface area (Å²) in [6, 6.07) is 9.97. The van der Waals surface area contributed by atoms with Gasteiger partial charge in [0.25, 0.3) is 5.91 Å².